The molecule has 8 nitrogen and oxygen atoms in total. The largest absolute Gasteiger partial charge is 0.508 e. The molecule has 0 radical (unpaired) electrons. The second-order valence-electron chi connectivity index (χ2n) is 3.24. The summed E-state index contributed by atoms with van der Waals surface area (Å²) in [6.45, 7) is 0. The second kappa shape index (κ2) is 14.0. The Bertz CT molecular complexity index is 455. The SMILES string of the molecule is O=C(O)O.O=C(O)O.Oc1ccccc1.Oc1ccccc1. The molecule has 0 saturated heterocycles. The summed E-state index contributed by atoms with van der Waals surface area (Å²) in [5.74, 6) is 0.644. The van der Waals surface area contributed by atoms with Crippen LogP contribution >= 0.6 is 0 Å². The van der Waals surface area contributed by atoms with Crippen LogP contribution in [0.5, 0.6) is 11.5 Å². The summed E-state index contributed by atoms with van der Waals surface area (Å²) in [5.41, 5.74) is 0. The molecule has 22 heavy (non-hydrogen) atoms. The predicted molar refractivity (Wildman–Crippen MR) is 77.5 cm³/mol. The average Bonchev–Trinajstić information content (AvgIpc) is 2.40. The van der Waals surface area contributed by atoms with E-state index >= 15 is 0 Å². The van der Waals surface area contributed by atoms with Gasteiger partial charge in [-0.25, -0.2) is 9.59 Å². The van der Waals surface area contributed by atoms with Crippen molar-refractivity contribution in [1.82, 2.24) is 0 Å². The summed E-state index contributed by atoms with van der Waals surface area (Å²) in [6.07, 6.45) is -3.67. The summed E-state index contributed by atoms with van der Waals surface area (Å²) in [6, 6.07) is 17.4. The zero-order chi connectivity index (χ0) is 17.4. The van der Waals surface area contributed by atoms with Gasteiger partial charge in [0.25, 0.3) is 0 Å². The lowest BCUT2D eigenvalue weighted by Gasteiger charge is -1.82. The van der Waals surface area contributed by atoms with Crippen LogP contribution in [0.15, 0.2) is 60.7 Å². The third kappa shape index (κ3) is 25.4. The highest BCUT2D eigenvalue weighted by atomic mass is 16.6. The molecule has 0 aliphatic carbocycles. The fourth-order valence-corrected chi connectivity index (χ4v) is 0.856. The molecule has 6 N–H and O–H groups in total. The van der Waals surface area contributed by atoms with Crippen molar-refractivity contribution < 1.29 is 40.2 Å². The molecule has 8 heteroatoms. The van der Waals surface area contributed by atoms with E-state index < -0.39 is 12.3 Å². The van der Waals surface area contributed by atoms with Gasteiger partial charge in [-0.15, -0.1) is 0 Å². The number of carboxylic acid groups (broad SMARTS) is 4. The van der Waals surface area contributed by atoms with Gasteiger partial charge in [-0.3, -0.25) is 0 Å². The quantitative estimate of drug-likeness (QED) is 0.433. The van der Waals surface area contributed by atoms with Gasteiger partial charge in [-0.2, -0.15) is 0 Å². The molecule has 0 amide bonds. The number of para-hydroxylation sites is 2. The first kappa shape index (κ1) is 20.9. The van der Waals surface area contributed by atoms with E-state index in [9.17, 15) is 0 Å². The van der Waals surface area contributed by atoms with Crippen molar-refractivity contribution in [2.75, 3.05) is 0 Å². The third-order valence-corrected chi connectivity index (χ3v) is 1.51. The van der Waals surface area contributed by atoms with Crippen molar-refractivity contribution in [3.8, 4) is 11.5 Å². The van der Waals surface area contributed by atoms with Crippen LogP contribution in [0, 0.1) is 0 Å². The number of hydrogen-bond acceptors (Lipinski definition) is 4. The van der Waals surface area contributed by atoms with Gasteiger partial charge in [0.05, 0.1) is 0 Å². The number of phenolic OH excluding ortho intramolecular Hbond substituents is 2. The van der Waals surface area contributed by atoms with Crippen LogP contribution in [0.2, 0.25) is 0 Å². The maximum atomic E-state index is 8.63. The van der Waals surface area contributed by atoms with Crippen LogP contribution in [-0.4, -0.2) is 42.9 Å². The minimum atomic E-state index is -1.83. The number of aromatic hydroxyl groups is 2. The Kier molecular flexibility index (Phi) is 13.3. The Morgan fingerprint density at radius 3 is 0.818 bits per heavy atom. The molecule has 0 aliphatic rings. The highest BCUT2D eigenvalue weighted by Crippen LogP contribution is 2.03. The molecule has 0 heterocycles. The molecule has 2 rings (SSSR count). The molecule has 0 aromatic heterocycles. The second-order valence-corrected chi connectivity index (χ2v) is 3.24. The molecule has 0 fully saturated rings. The highest BCUT2D eigenvalue weighted by molar-refractivity contribution is 5.53. The maximum Gasteiger partial charge on any atom is 0.503 e. The predicted octanol–water partition coefficient (Wildman–Crippen LogP) is 3.23. The van der Waals surface area contributed by atoms with Crippen molar-refractivity contribution in [3.05, 3.63) is 60.7 Å². The monoisotopic (exact) mass is 312 g/mol. The van der Waals surface area contributed by atoms with Crippen molar-refractivity contribution >= 4 is 12.3 Å². The third-order valence-electron chi connectivity index (χ3n) is 1.51. The molecule has 0 saturated carbocycles. The van der Waals surface area contributed by atoms with Crippen LogP contribution in [0.25, 0.3) is 0 Å². The minimum Gasteiger partial charge on any atom is -0.508 e. The van der Waals surface area contributed by atoms with E-state index in [1.807, 2.05) is 12.1 Å². The lowest BCUT2D eigenvalue weighted by atomic mass is 10.3. The molecule has 0 aliphatic heterocycles. The topological polar surface area (TPSA) is 156 Å². The van der Waals surface area contributed by atoms with Crippen molar-refractivity contribution in [1.29, 1.82) is 0 Å². The van der Waals surface area contributed by atoms with Gasteiger partial charge < -0.3 is 30.6 Å². The van der Waals surface area contributed by atoms with Crippen molar-refractivity contribution in [3.63, 3.8) is 0 Å². The number of benzene rings is 2. The van der Waals surface area contributed by atoms with Crippen LogP contribution in [-0.2, 0) is 0 Å². The van der Waals surface area contributed by atoms with E-state index in [0.717, 1.165) is 0 Å². The molecule has 0 spiro atoms. The Morgan fingerprint density at radius 2 is 0.727 bits per heavy atom. The van der Waals surface area contributed by atoms with E-state index in [1.54, 1.807) is 48.5 Å². The fraction of sp³-hybridized carbons (Fsp3) is 0. The smallest absolute Gasteiger partial charge is 0.503 e. The zero-order valence-electron chi connectivity index (χ0n) is 11.3. The van der Waals surface area contributed by atoms with Crippen molar-refractivity contribution in [2.24, 2.45) is 0 Å². The van der Waals surface area contributed by atoms with E-state index in [2.05, 4.69) is 0 Å². The summed E-state index contributed by atoms with van der Waals surface area (Å²) >= 11 is 0. The Morgan fingerprint density at radius 1 is 0.545 bits per heavy atom. The first-order valence-electron chi connectivity index (χ1n) is 5.57. The Hall–Kier alpha value is -3.42. The molecule has 2 aromatic rings. The fourth-order valence-electron chi connectivity index (χ4n) is 0.856. The number of rotatable bonds is 0. The molecule has 120 valence electrons. The molecular weight excluding hydrogens is 296 g/mol. The van der Waals surface area contributed by atoms with Gasteiger partial charge in [0.1, 0.15) is 11.5 Å². The molecule has 2 aromatic carbocycles. The van der Waals surface area contributed by atoms with Crippen LogP contribution in [0.1, 0.15) is 0 Å². The Labute approximate surface area is 125 Å². The molecule has 0 unspecified atom stereocenters. The number of phenols is 2. The van der Waals surface area contributed by atoms with Gasteiger partial charge in [-0.1, -0.05) is 36.4 Å². The average molecular weight is 312 g/mol. The normalized spacial score (nSPS) is 7.64. The van der Waals surface area contributed by atoms with Crippen molar-refractivity contribution in [2.45, 2.75) is 0 Å². The summed E-state index contributed by atoms with van der Waals surface area (Å²) in [4.78, 5) is 17.1. The molecular formula is C14H16O8. The van der Waals surface area contributed by atoms with Gasteiger partial charge in [0.15, 0.2) is 0 Å². The summed E-state index contributed by atoms with van der Waals surface area (Å²) < 4.78 is 0. The standard InChI is InChI=1S/2C6H6O.2CH2O3/c2*7-6-4-2-1-3-5-6;2*2-1(3)4/h2*1-5,7H;2*(H2,2,3,4). The molecule has 0 atom stereocenters. The minimum absolute atomic E-state index is 0.322. The lowest BCUT2D eigenvalue weighted by molar-refractivity contribution is 0.135. The summed E-state index contributed by atoms with van der Waals surface area (Å²) in [5, 5.41) is 45.2. The van der Waals surface area contributed by atoms with E-state index in [0.29, 0.717) is 11.5 Å². The zero-order valence-corrected chi connectivity index (χ0v) is 11.3. The Balaban J connectivity index is 0. The van der Waals surface area contributed by atoms with E-state index in [1.165, 1.54) is 0 Å². The summed E-state index contributed by atoms with van der Waals surface area (Å²) in [7, 11) is 0. The van der Waals surface area contributed by atoms with Crippen LogP contribution in [0.4, 0.5) is 9.59 Å². The highest BCUT2D eigenvalue weighted by Gasteiger charge is 1.75. The van der Waals surface area contributed by atoms with Gasteiger partial charge in [0, 0.05) is 0 Å². The van der Waals surface area contributed by atoms with E-state index in [4.69, 9.17) is 40.2 Å². The van der Waals surface area contributed by atoms with Crippen LogP contribution < -0.4 is 0 Å². The first-order chi connectivity index (χ1) is 10.3. The van der Waals surface area contributed by atoms with Crippen LogP contribution in [0.3, 0.4) is 0 Å². The van der Waals surface area contributed by atoms with Gasteiger partial charge in [-0.05, 0) is 24.3 Å². The van der Waals surface area contributed by atoms with E-state index in [-0.39, 0.29) is 0 Å². The van der Waals surface area contributed by atoms with Gasteiger partial charge >= 0.3 is 12.3 Å². The van der Waals surface area contributed by atoms with Gasteiger partial charge in [0.2, 0.25) is 0 Å². The molecule has 0 bridgehead atoms. The lowest BCUT2D eigenvalue weighted by Crippen LogP contribution is -1.81. The maximum absolute atomic E-state index is 8.63. The number of carbonyl (C=O) groups is 2. The number of hydrogen-bond donors (Lipinski definition) is 6. The first-order valence-corrected chi connectivity index (χ1v) is 5.57.